The fourth-order valence-electron chi connectivity index (χ4n) is 1.29. The third-order valence-corrected chi connectivity index (χ3v) is 4.73. The van der Waals surface area contributed by atoms with Crippen LogP contribution in [0.1, 0.15) is 20.8 Å². The van der Waals surface area contributed by atoms with Crippen LogP contribution in [0.2, 0.25) is 0 Å². The van der Waals surface area contributed by atoms with Gasteiger partial charge in [-0.3, -0.25) is 9.36 Å². The van der Waals surface area contributed by atoms with Crippen LogP contribution in [0.5, 0.6) is 0 Å². The quantitative estimate of drug-likeness (QED) is 0.487. The van der Waals surface area contributed by atoms with Gasteiger partial charge in [-0.25, -0.2) is 4.79 Å². The van der Waals surface area contributed by atoms with Crippen LogP contribution in [0.25, 0.3) is 0 Å². The van der Waals surface area contributed by atoms with Crippen LogP contribution >= 0.6 is 19.2 Å². The van der Waals surface area contributed by atoms with E-state index in [1.54, 1.807) is 13.8 Å². The number of hydrogen-bond donors (Lipinski definition) is 2. The Morgan fingerprint density at radius 2 is 1.80 bits per heavy atom. The minimum Gasteiger partial charge on any atom is -0.435 e. The van der Waals surface area contributed by atoms with Crippen LogP contribution in [0.3, 0.4) is 0 Å². The van der Waals surface area contributed by atoms with Crippen LogP contribution in [0, 0.1) is 0 Å². The number of carbonyl (C=O) groups is 2. The van der Waals surface area contributed by atoms with Crippen molar-refractivity contribution in [2.45, 2.75) is 32.7 Å². The van der Waals surface area contributed by atoms with Gasteiger partial charge in [0.15, 0.2) is 6.10 Å². The van der Waals surface area contributed by atoms with Gasteiger partial charge in [0.05, 0.1) is 19.1 Å². The van der Waals surface area contributed by atoms with Crippen LogP contribution in [-0.4, -0.2) is 43.0 Å². The number of hydrogen-bond acceptors (Lipinski definition) is 6. The monoisotopic (exact) mass is 330 g/mol. The molecule has 0 aromatic rings. The molecule has 0 aromatic carbocycles. The summed E-state index contributed by atoms with van der Waals surface area (Å²) < 4.78 is 27.0. The van der Waals surface area contributed by atoms with Crippen molar-refractivity contribution in [3.63, 3.8) is 0 Å². The molecule has 2 atom stereocenters. The highest BCUT2D eigenvalue weighted by atomic mass is 35.5. The summed E-state index contributed by atoms with van der Waals surface area (Å²) >= 11 is 5.50. The third kappa shape index (κ3) is 6.09. The van der Waals surface area contributed by atoms with Gasteiger partial charge in [-0.2, -0.15) is 0 Å². The molecule has 0 spiro atoms. The first-order valence-electron chi connectivity index (χ1n) is 6.01. The standard InChI is InChI=1S/C10H20ClN2O6P/c1-4-17-20(16,18-5-2)7(3)13-9(14)8(6-11)19-10(12)15/h7-8H,4-6H2,1-3H3,(H2,12,15)(H,13,14). The van der Waals surface area contributed by atoms with Gasteiger partial charge in [0.1, 0.15) is 5.78 Å². The second kappa shape index (κ2) is 9.18. The van der Waals surface area contributed by atoms with Crippen molar-refractivity contribution >= 4 is 31.2 Å². The molecule has 0 aliphatic carbocycles. The normalized spacial score (nSPS) is 14.4. The maximum absolute atomic E-state index is 12.4. The maximum atomic E-state index is 12.4. The maximum Gasteiger partial charge on any atom is 0.405 e. The lowest BCUT2D eigenvalue weighted by Gasteiger charge is -2.25. The fraction of sp³-hybridized carbons (Fsp3) is 0.800. The second-order valence-corrected chi connectivity index (χ2v) is 6.32. The molecule has 2 unspecified atom stereocenters. The summed E-state index contributed by atoms with van der Waals surface area (Å²) in [4.78, 5) is 22.4. The van der Waals surface area contributed by atoms with Crippen LogP contribution in [0.15, 0.2) is 0 Å². The largest absolute Gasteiger partial charge is 0.435 e. The zero-order valence-electron chi connectivity index (χ0n) is 11.6. The smallest absolute Gasteiger partial charge is 0.405 e. The van der Waals surface area contributed by atoms with Gasteiger partial charge in [0, 0.05) is 0 Å². The first kappa shape index (κ1) is 19.2. The molecule has 20 heavy (non-hydrogen) atoms. The number of nitrogens with two attached hydrogens (primary N) is 1. The topological polar surface area (TPSA) is 117 Å². The molecule has 0 fully saturated rings. The number of amides is 2. The molecule has 0 rings (SSSR count). The molecule has 3 N–H and O–H groups in total. The Labute approximate surface area is 122 Å². The van der Waals surface area contributed by atoms with Gasteiger partial charge >= 0.3 is 13.7 Å². The Balaban J connectivity index is 4.77. The Hall–Kier alpha value is -0.820. The van der Waals surface area contributed by atoms with E-state index in [4.69, 9.17) is 26.4 Å². The second-order valence-electron chi connectivity index (χ2n) is 3.64. The summed E-state index contributed by atoms with van der Waals surface area (Å²) in [6.45, 7) is 5.08. The highest BCUT2D eigenvalue weighted by Gasteiger charge is 2.35. The Kier molecular flexibility index (Phi) is 8.80. The van der Waals surface area contributed by atoms with Gasteiger partial charge in [0.2, 0.25) is 0 Å². The van der Waals surface area contributed by atoms with Gasteiger partial charge in [0.25, 0.3) is 5.91 Å². The lowest BCUT2D eigenvalue weighted by atomic mass is 10.4. The molecule has 2 amide bonds. The van der Waals surface area contributed by atoms with E-state index in [2.05, 4.69) is 10.1 Å². The van der Waals surface area contributed by atoms with Gasteiger partial charge in [-0.05, 0) is 20.8 Å². The number of nitrogens with one attached hydrogen (secondary N) is 1. The summed E-state index contributed by atoms with van der Waals surface area (Å²) in [5.41, 5.74) is 4.81. The van der Waals surface area contributed by atoms with Gasteiger partial charge in [-0.15, -0.1) is 11.6 Å². The molecule has 0 saturated carbocycles. The van der Waals surface area contributed by atoms with E-state index in [9.17, 15) is 14.2 Å². The zero-order valence-corrected chi connectivity index (χ0v) is 13.3. The summed E-state index contributed by atoms with van der Waals surface area (Å²) in [7, 11) is -3.50. The SMILES string of the molecule is CCOP(=O)(OCC)C(C)NC(=O)C(CCl)OC(N)=O. The van der Waals surface area contributed by atoms with Crippen LogP contribution in [0.4, 0.5) is 4.79 Å². The molecule has 0 saturated heterocycles. The molecule has 0 radical (unpaired) electrons. The average molecular weight is 331 g/mol. The number of halogens is 1. The molecule has 118 valence electrons. The van der Waals surface area contributed by atoms with Crippen molar-refractivity contribution in [3.05, 3.63) is 0 Å². The Bertz CT molecular complexity index is 371. The molecular weight excluding hydrogens is 311 g/mol. The van der Waals surface area contributed by atoms with E-state index in [1.807, 2.05) is 0 Å². The highest BCUT2D eigenvalue weighted by molar-refractivity contribution is 7.54. The number of carbonyl (C=O) groups excluding carboxylic acids is 2. The molecular formula is C10H20ClN2O6P. The van der Waals surface area contributed by atoms with E-state index in [1.165, 1.54) is 6.92 Å². The number of rotatable bonds is 9. The van der Waals surface area contributed by atoms with Gasteiger partial charge in [-0.1, -0.05) is 0 Å². The zero-order chi connectivity index (χ0) is 15.8. The molecule has 0 aliphatic rings. The van der Waals surface area contributed by atoms with E-state index in [0.717, 1.165) is 0 Å². The van der Waals surface area contributed by atoms with Crippen molar-refractivity contribution in [1.82, 2.24) is 5.32 Å². The Morgan fingerprint density at radius 1 is 1.30 bits per heavy atom. The van der Waals surface area contributed by atoms with Crippen molar-refractivity contribution < 1.29 is 27.9 Å². The van der Waals surface area contributed by atoms with Crippen molar-refractivity contribution in [2.75, 3.05) is 19.1 Å². The molecule has 0 aliphatic heterocycles. The lowest BCUT2D eigenvalue weighted by molar-refractivity contribution is -0.128. The van der Waals surface area contributed by atoms with Crippen LogP contribution in [-0.2, 0) is 23.1 Å². The lowest BCUT2D eigenvalue weighted by Crippen LogP contribution is -2.44. The number of ether oxygens (including phenoxy) is 1. The average Bonchev–Trinajstić information content (AvgIpc) is 2.35. The number of alkyl halides is 1. The highest BCUT2D eigenvalue weighted by Crippen LogP contribution is 2.51. The van der Waals surface area contributed by atoms with Crippen LogP contribution < -0.4 is 11.1 Å². The first-order chi connectivity index (χ1) is 9.30. The van der Waals surface area contributed by atoms with Crippen molar-refractivity contribution in [2.24, 2.45) is 5.73 Å². The molecule has 8 nitrogen and oxygen atoms in total. The van der Waals surface area contributed by atoms with Crippen molar-refractivity contribution in [1.29, 1.82) is 0 Å². The molecule has 0 bridgehead atoms. The predicted molar refractivity (Wildman–Crippen MR) is 73.6 cm³/mol. The minimum atomic E-state index is -3.50. The summed E-state index contributed by atoms with van der Waals surface area (Å²) in [5.74, 6) is -1.93. The fourth-order valence-corrected chi connectivity index (χ4v) is 3.02. The summed E-state index contributed by atoms with van der Waals surface area (Å²) in [6, 6.07) is 0. The molecule has 10 heteroatoms. The van der Waals surface area contributed by atoms with E-state index in [0.29, 0.717) is 0 Å². The van der Waals surface area contributed by atoms with Crippen molar-refractivity contribution in [3.8, 4) is 0 Å². The summed E-state index contributed by atoms with van der Waals surface area (Å²) in [5, 5.41) is 2.38. The van der Waals surface area contributed by atoms with E-state index in [-0.39, 0.29) is 19.1 Å². The summed E-state index contributed by atoms with van der Waals surface area (Å²) in [6.07, 6.45) is -2.40. The number of primary amides is 1. The molecule has 0 heterocycles. The Morgan fingerprint density at radius 3 is 2.15 bits per heavy atom. The van der Waals surface area contributed by atoms with Gasteiger partial charge < -0.3 is 24.8 Å². The third-order valence-electron chi connectivity index (χ3n) is 2.13. The van der Waals surface area contributed by atoms with E-state index >= 15 is 0 Å². The minimum absolute atomic E-state index is 0.161. The first-order valence-corrected chi connectivity index (χ1v) is 8.16. The predicted octanol–water partition coefficient (Wildman–Crippen LogP) is 1.42. The molecule has 0 aromatic heterocycles. The van der Waals surface area contributed by atoms with E-state index < -0.39 is 31.5 Å².